The Morgan fingerprint density at radius 1 is 1.15 bits per heavy atom. The molecule has 13 heavy (non-hydrogen) atoms. The van der Waals surface area contributed by atoms with Crippen molar-refractivity contribution in [2.45, 2.75) is 37.6 Å². The molecule has 2 N–H and O–H groups in total. The highest BCUT2D eigenvalue weighted by atomic mass is 14.8. The molecule has 1 fully saturated rings. The third-order valence-electron chi connectivity index (χ3n) is 3.31. The summed E-state index contributed by atoms with van der Waals surface area (Å²) in [7, 11) is 0. The van der Waals surface area contributed by atoms with E-state index in [0.717, 1.165) is 0 Å². The Hall–Kier alpha value is -0.820. The third kappa shape index (κ3) is 1.28. The van der Waals surface area contributed by atoms with Crippen LogP contribution in [-0.4, -0.2) is 5.54 Å². The lowest BCUT2D eigenvalue weighted by atomic mass is 9.79. The van der Waals surface area contributed by atoms with E-state index in [9.17, 15) is 0 Å². The van der Waals surface area contributed by atoms with Crippen LogP contribution in [0.4, 0.5) is 0 Å². The molecule has 0 radical (unpaired) electrons. The molecule has 1 aliphatic carbocycles. The number of nitrogens with two attached hydrogens (primary N) is 1. The fourth-order valence-corrected chi connectivity index (χ4v) is 2.19. The molecule has 0 aliphatic heterocycles. The van der Waals surface area contributed by atoms with Crippen molar-refractivity contribution in [3.05, 3.63) is 35.9 Å². The zero-order valence-corrected chi connectivity index (χ0v) is 8.38. The lowest BCUT2D eigenvalue weighted by molar-refractivity contribution is 0.391. The SMILES string of the molecule is CC(C)(N)C1(c2ccccc2)CC1. The minimum absolute atomic E-state index is 0.0889. The van der Waals surface area contributed by atoms with E-state index < -0.39 is 0 Å². The van der Waals surface area contributed by atoms with Gasteiger partial charge in [-0.15, -0.1) is 0 Å². The Morgan fingerprint density at radius 2 is 1.69 bits per heavy atom. The van der Waals surface area contributed by atoms with Crippen molar-refractivity contribution in [2.75, 3.05) is 0 Å². The van der Waals surface area contributed by atoms with Crippen LogP contribution in [0, 0.1) is 0 Å². The number of hydrogen-bond acceptors (Lipinski definition) is 1. The van der Waals surface area contributed by atoms with Crippen LogP contribution in [0.3, 0.4) is 0 Å². The van der Waals surface area contributed by atoms with Gasteiger partial charge < -0.3 is 5.73 Å². The molecule has 0 unspecified atom stereocenters. The van der Waals surface area contributed by atoms with Crippen LogP contribution in [0.1, 0.15) is 32.3 Å². The highest BCUT2D eigenvalue weighted by Gasteiger charge is 2.53. The molecule has 0 amide bonds. The molecule has 1 heteroatoms. The molecule has 0 heterocycles. The van der Waals surface area contributed by atoms with Crippen LogP contribution < -0.4 is 5.73 Å². The third-order valence-corrected chi connectivity index (χ3v) is 3.31. The first-order valence-corrected chi connectivity index (χ1v) is 4.91. The summed E-state index contributed by atoms with van der Waals surface area (Å²) in [5.41, 5.74) is 7.78. The molecule has 0 atom stereocenters. The Labute approximate surface area is 80.0 Å². The molecular weight excluding hydrogens is 158 g/mol. The van der Waals surface area contributed by atoms with Gasteiger partial charge in [-0.05, 0) is 32.3 Å². The van der Waals surface area contributed by atoms with Gasteiger partial charge in [-0.2, -0.15) is 0 Å². The number of benzene rings is 1. The average molecular weight is 175 g/mol. The molecule has 0 aromatic heterocycles. The summed E-state index contributed by atoms with van der Waals surface area (Å²) >= 11 is 0. The highest BCUT2D eigenvalue weighted by Crippen LogP contribution is 2.54. The fraction of sp³-hybridized carbons (Fsp3) is 0.500. The average Bonchev–Trinajstić information content (AvgIpc) is 2.84. The number of rotatable bonds is 2. The second kappa shape index (κ2) is 2.58. The molecule has 2 rings (SSSR count). The van der Waals surface area contributed by atoms with Crippen molar-refractivity contribution >= 4 is 0 Å². The first-order chi connectivity index (χ1) is 6.06. The molecule has 1 aliphatic rings. The molecule has 0 spiro atoms. The number of hydrogen-bond donors (Lipinski definition) is 1. The predicted octanol–water partition coefficient (Wildman–Crippen LogP) is 2.46. The topological polar surface area (TPSA) is 26.0 Å². The molecule has 0 saturated heterocycles. The van der Waals surface area contributed by atoms with Crippen LogP contribution in [0.15, 0.2) is 30.3 Å². The monoisotopic (exact) mass is 175 g/mol. The highest BCUT2D eigenvalue weighted by molar-refractivity contribution is 5.35. The van der Waals surface area contributed by atoms with Crippen LogP contribution >= 0.6 is 0 Å². The van der Waals surface area contributed by atoms with Crippen LogP contribution in [0.5, 0.6) is 0 Å². The van der Waals surface area contributed by atoms with E-state index in [1.54, 1.807) is 0 Å². The molecule has 1 aromatic carbocycles. The van der Waals surface area contributed by atoms with Gasteiger partial charge in [0.15, 0.2) is 0 Å². The molecule has 1 saturated carbocycles. The van der Waals surface area contributed by atoms with Crippen molar-refractivity contribution in [1.29, 1.82) is 0 Å². The summed E-state index contributed by atoms with van der Waals surface area (Å²) in [5.74, 6) is 0. The van der Waals surface area contributed by atoms with Gasteiger partial charge in [-0.25, -0.2) is 0 Å². The first-order valence-electron chi connectivity index (χ1n) is 4.91. The van der Waals surface area contributed by atoms with Gasteiger partial charge in [0.1, 0.15) is 0 Å². The second-order valence-corrected chi connectivity index (χ2v) is 4.67. The lowest BCUT2D eigenvalue weighted by Crippen LogP contribution is -2.45. The maximum Gasteiger partial charge on any atom is 0.0195 e. The van der Waals surface area contributed by atoms with Gasteiger partial charge in [0.25, 0.3) is 0 Å². The van der Waals surface area contributed by atoms with Crippen molar-refractivity contribution in [3.63, 3.8) is 0 Å². The van der Waals surface area contributed by atoms with E-state index in [1.165, 1.54) is 18.4 Å². The van der Waals surface area contributed by atoms with Crippen molar-refractivity contribution in [1.82, 2.24) is 0 Å². The van der Waals surface area contributed by atoms with E-state index in [4.69, 9.17) is 5.73 Å². The van der Waals surface area contributed by atoms with Gasteiger partial charge in [-0.1, -0.05) is 30.3 Å². The largest absolute Gasteiger partial charge is 0.325 e. The van der Waals surface area contributed by atoms with Crippen LogP contribution in [0.2, 0.25) is 0 Å². The van der Waals surface area contributed by atoms with E-state index >= 15 is 0 Å². The maximum atomic E-state index is 6.21. The van der Waals surface area contributed by atoms with E-state index in [2.05, 4.69) is 44.2 Å². The van der Waals surface area contributed by atoms with Crippen LogP contribution in [0.25, 0.3) is 0 Å². The Morgan fingerprint density at radius 3 is 2.08 bits per heavy atom. The summed E-state index contributed by atoms with van der Waals surface area (Å²) in [5, 5.41) is 0. The molecule has 1 nitrogen and oxygen atoms in total. The van der Waals surface area contributed by atoms with Gasteiger partial charge >= 0.3 is 0 Å². The van der Waals surface area contributed by atoms with E-state index in [1.807, 2.05) is 0 Å². The summed E-state index contributed by atoms with van der Waals surface area (Å²) in [6.45, 7) is 4.26. The first kappa shape index (κ1) is 8.76. The maximum absolute atomic E-state index is 6.21. The molecule has 70 valence electrons. The second-order valence-electron chi connectivity index (χ2n) is 4.67. The van der Waals surface area contributed by atoms with Gasteiger partial charge in [0.2, 0.25) is 0 Å². The van der Waals surface area contributed by atoms with E-state index in [-0.39, 0.29) is 11.0 Å². The van der Waals surface area contributed by atoms with Crippen molar-refractivity contribution in [2.24, 2.45) is 5.73 Å². The summed E-state index contributed by atoms with van der Waals surface area (Å²) in [6, 6.07) is 10.6. The summed E-state index contributed by atoms with van der Waals surface area (Å²) in [4.78, 5) is 0. The Bertz CT molecular complexity index is 291. The van der Waals surface area contributed by atoms with Crippen molar-refractivity contribution in [3.8, 4) is 0 Å². The zero-order valence-electron chi connectivity index (χ0n) is 8.38. The fourth-order valence-electron chi connectivity index (χ4n) is 2.19. The standard InChI is InChI=1S/C12H17N/c1-11(2,13)12(8-9-12)10-6-4-3-5-7-10/h3-7H,8-9,13H2,1-2H3. The normalized spacial score (nSPS) is 19.9. The van der Waals surface area contributed by atoms with Gasteiger partial charge in [-0.3, -0.25) is 0 Å². The smallest absolute Gasteiger partial charge is 0.0195 e. The van der Waals surface area contributed by atoms with Gasteiger partial charge in [0.05, 0.1) is 0 Å². The Kier molecular flexibility index (Phi) is 1.74. The minimum atomic E-state index is -0.0889. The summed E-state index contributed by atoms with van der Waals surface area (Å²) < 4.78 is 0. The zero-order chi connectivity index (χ0) is 9.53. The van der Waals surface area contributed by atoms with Crippen LogP contribution in [-0.2, 0) is 5.41 Å². The van der Waals surface area contributed by atoms with E-state index in [0.29, 0.717) is 0 Å². The predicted molar refractivity (Wildman–Crippen MR) is 55.6 cm³/mol. The molecular formula is C12H17N. The van der Waals surface area contributed by atoms with Gasteiger partial charge in [0, 0.05) is 11.0 Å². The quantitative estimate of drug-likeness (QED) is 0.734. The lowest BCUT2D eigenvalue weighted by Gasteiger charge is -2.31. The molecule has 1 aromatic rings. The summed E-state index contributed by atoms with van der Waals surface area (Å²) in [6.07, 6.45) is 2.47. The molecule has 0 bridgehead atoms. The van der Waals surface area contributed by atoms with Crippen molar-refractivity contribution < 1.29 is 0 Å². The Balaban J connectivity index is 2.37. The minimum Gasteiger partial charge on any atom is -0.325 e.